The van der Waals surface area contributed by atoms with Crippen molar-refractivity contribution in [3.05, 3.63) is 29.8 Å². The zero-order chi connectivity index (χ0) is 19.8. The van der Waals surface area contributed by atoms with Gasteiger partial charge in [0, 0.05) is 17.6 Å². The van der Waals surface area contributed by atoms with Gasteiger partial charge in [0.15, 0.2) is 5.96 Å². The number of halogens is 4. The minimum atomic E-state index is -4.77. The van der Waals surface area contributed by atoms with Gasteiger partial charge in [-0.3, -0.25) is 4.79 Å². The Balaban J connectivity index is 0.00000676. The number of carbonyl (C=O) groups is 1. The molecule has 0 atom stereocenters. The van der Waals surface area contributed by atoms with Gasteiger partial charge in [-0.2, -0.15) is 0 Å². The van der Waals surface area contributed by atoms with Gasteiger partial charge in [-0.05, 0) is 33.8 Å². The van der Waals surface area contributed by atoms with Crippen molar-refractivity contribution in [1.82, 2.24) is 16.0 Å². The first-order valence-electron chi connectivity index (χ1n) is 8.17. The minimum absolute atomic E-state index is 0. The standard InChI is InChI=1S/C17H25F3N4O2.HI/c1-5-21-15(23-11-14(25)24-16(2,3)4)22-10-12-8-6-7-9-13(12)26-17(18,19)20;/h6-9H,5,10-11H2,1-4H3,(H,24,25)(H2,21,22,23);1H. The Bertz CT molecular complexity index is 631. The number of amides is 1. The SMILES string of the molecule is CCNC(=NCc1ccccc1OC(F)(F)F)NCC(=O)NC(C)(C)C.I. The molecule has 0 saturated carbocycles. The quantitative estimate of drug-likeness (QED) is 0.318. The topological polar surface area (TPSA) is 74.8 Å². The first-order chi connectivity index (χ1) is 12.0. The van der Waals surface area contributed by atoms with E-state index in [0.717, 1.165) is 0 Å². The molecule has 154 valence electrons. The molecule has 0 heterocycles. The monoisotopic (exact) mass is 502 g/mol. The minimum Gasteiger partial charge on any atom is -0.405 e. The molecule has 10 heteroatoms. The molecule has 0 aromatic heterocycles. The lowest BCUT2D eigenvalue weighted by molar-refractivity contribution is -0.274. The lowest BCUT2D eigenvalue weighted by Crippen LogP contribution is -2.48. The third-order valence-corrected chi connectivity index (χ3v) is 2.88. The summed E-state index contributed by atoms with van der Waals surface area (Å²) in [4.78, 5) is 16.1. The van der Waals surface area contributed by atoms with Crippen LogP contribution < -0.4 is 20.7 Å². The van der Waals surface area contributed by atoms with E-state index in [1.54, 1.807) is 6.07 Å². The second kappa shape index (κ2) is 11.2. The number of guanidine groups is 1. The number of aliphatic imine (C=N–C) groups is 1. The number of benzene rings is 1. The van der Waals surface area contributed by atoms with Gasteiger partial charge in [0.25, 0.3) is 0 Å². The fraction of sp³-hybridized carbons (Fsp3) is 0.529. The smallest absolute Gasteiger partial charge is 0.405 e. The van der Waals surface area contributed by atoms with Crippen LogP contribution in [0.25, 0.3) is 0 Å². The zero-order valence-electron chi connectivity index (χ0n) is 15.7. The summed E-state index contributed by atoms with van der Waals surface area (Å²) in [6.07, 6.45) is -4.77. The van der Waals surface area contributed by atoms with Crippen molar-refractivity contribution in [1.29, 1.82) is 0 Å². The Morgan fingerprint density at radius 2 is 1.78 bits per heavy atom. The molecular weight excluding hydrogens is 476 g/mol. The number of nitrogens with zero attached hydrogens (tertiary/aromatic N) is 1. The first-order valence-corrected chi connectivity index (χ1v) is 8.17. The van der Waals surface area contributed by atoms with Crippen LogP contribution in [0.4, 0.5) is 13.2 Å². The van der Waals surface area contributed by atoms with Crippen molar-refractivity contribution >= 4 is 35.8 Å². The van der Waals surface area contributed by atoms with Crippen LogP contribution in [0.1, 0.15) is 33.3 Å². The molecule has 0 spiro atoms. The molecule has 1 aromatic carbocycles. The average Bonchev–Trinajstić information content (AvgIpc) is 2.48. The third-order valence-electron chi connectivity index (χ3n) is 2.88. The van der Waals surface area contributed by atoms with E-state index in [1.165, 1.54) is 18.2 Å². The van der Waals surface area contributed by atoms with Crippen LogP contribution in [-0.4, -0.2) is 36.9 Å². The highest BCUT2D eigenvalue weighted by atomic mass is 127. The summed E-state index contributed by atoms with van der Waals surface area (Å²) in [5.74, 6) is -0.202. The molecule has 0 unspecified atom stereocenters. The lowest BCUT2D eigenvalue weighted by atomic mass is 10.1. The predicted molar refractivity (Wildman–Crippen MR) is 109 cm³/mol. The first kappa shape index (κ1) is 25.3. The van der Waals surface area contributed by atoms with Crippen LogP contribution in [-0.2, 0) is 11.3 Å². The van der Waals surface area contributed by atoms with Gasteiger partial charge in [-0.15, -0.1) is 37.1 Å². The van der Waals surface area contributed by atoms with Gasteiger partial charge in [0.05, 0.1) is 13.1 Å². The summed E-state index contributed by atoms with van der Waals surface area (Å²) >= 11 is 0. The highest BCUT2D eigenvalue weighted by molar-refractivity contribution is 14.0. The number of hydrogen-bond acceptors (Lipinski definition) is 3. The number of carbonyl (C=O) groups excluding carboxylic acids is 1. The second-order valence-electron chi connectivity index (χ2n) is 6.50. The molecule has 0 bridgehead atoms. The van der Waals surface area contributed by atoms with Crippen LogP contribution in [0.15, 0.2) is 29.3 Å². The molecule has 3 N–H and O–H groups in total. The van der Waals surface area contributed by atoms with Crippen LogP contribution in [0, 0.1) is 0 Å². The van der Waals surface area contributed by atoms with E-state index in [1.807, 2.05) is 27.7 Å². The number of nitrogens with one attached hydrogen (secondary N) is 3. The predicted octanol–water partition coefficient (Wildman–Crippen LogP) is 3.17. The Hall–Kier alpha value is -1.72. The summed E-state index contributed by atoms with van der Waals surface area (Å²) < 4.78 is 41.4. The van der Waals surface area contributed by atoms with Crippen LogP contribution in [0.2, 0.25) is 0 Å². The Morgan fingerprint density at radius 1 is 1.15 bits per heavy atom. The van der Waals surface area contributed by atoms with Crippen molar-refractivity contribution < 1.29 is 22.7 Å². The third kappa shape index (κ3) is 11.6. The second-order valence-corrected chi connectivity index (χ2v) is 6.50. The van der Waals surface area contributed by atoms with Crippen molar-refractivity contribution in [3.63, 3.8) is 0 Å². The molecule has 0 saturated heterocycles. The van der Waals surface area contributed by atoms with Gasteiger partial charge in [-0.25, -0.2) is 4.99 Å². The van der Waals surface area contributed by atoms with Gasteiger partial charge < -0.3 is 20.7 Å². The molecule has 0 aliphatic heterocycles. The van der Waals surface area contributed by atoms with Crippen LogP contribution in [0.5, 0.6) is 5.75 Å². The van der Waals surface area contributed by atoms with Gasteiger partial charge in [0.2, 0.25) is 5.91 Å². The van der Waals surface area contributed by atoms with E-state index in [9.17, 15) is 18.0 Å². The lowest BCUT2D eigenvalue weighted by Gasteiger charge is -2.21. The van der Waals surface area contributed by atoms with Gasteiger partial charge in [0.1, 0.15) is 5.75 Å². The summed E-state index contributed by atoms with van der Waals surface area (Å²) in [5, 5.41) is 8.58. The Labute approximate surface area is 174 Å². The van der Waals surface area contributed by atoms with Crippen molar-refractivity contribution in [2.45, 2.75) is 46.1 Å². The highest BCUT2D eigenvalue weighted by Gasteiger charge is 2.31. The fourth-order valence-corrected chi connectivity index (χ4v) is 1.99. The molecular formula is C17H26F3IN4O2. The van der Waals surface area contributed by atoms with E-state index < -0.39 is 6.36 Å². The molecule has 1 aromatic rings. The van der Waals surface area contributed by atoms with E-state index in [4.69, 9.17) is 0 Å². The van der Waals surface area contributed by atoms with E-state index in [2.05, 4.69) is 25.7 Å². The zero-order valence-corrected chi connectivity index (χ0v) is 18.1. The van der Waals surface area contributed by atoms with Crippen LogP contribution >= 0.6 is 24.0 Å². The molecule has 0 fully saturated rings. The largest absolute Gasteiger partial charge is 0.573 e. The van der Waals surface area contributed by atoms with Crippen molar-refractivity contribution in [2.75, 3.05) is 13.1 Å². The number of ether oxygens (including phenoxy) is 1. The molecule has 27 heavy (non-hydrogen) atoms. The average molecular weight is 502 g/mol. The van der Waals surface area contributed by atoms with Crippen molar-refractivity contribution in [3.8, 4) is 5.75 Å². The highest BCUT2D eigenvalue weighted by Crippen LogP contribution is 2.26. The number of para-hydroxylation sites is 1. The number of rotatable bonds is 6. The number of hydrogen-bond donors (Lipinski definition) is 3. The maximum atomic E-state index is 12.5. The molecule has 0 radical (unpaired) electrons. The van der Waals surface area contributed by atoms with Gasteiger partial charge >= 0.3 is 6.36 Å². The summed E-state index contributed by atoms with van der Waals surface area (Å²) in [6.45, 7) is 7.91. The summed E-state index contributed by atoms with van der Waals surface area (Å²) in [6, 6.07) is 5.79. The van der Waals surface area contributed by atoms with E-state index in [0.29, 0.717) is 12.5 Å². The fourth-order valence-electron chi connectivity index (χ4n) is 1.99. The maximum absolute atomic E-state index is 12.5. The normalized spacial score (nSPS) is 12.0. The van der Waals surface area contributed by atoms with Crippen LogP contribution in [0.3, 0.4) is 0 Å². The van der Waals surface area contributed by atoms with E-state index in [-0.39, 0.29) is 59.8 Å². The molecule has 6 nitrogen and oxygen atoms in total. The number of alkyl halides is 3. The Morgan fingerprint density at radius 3 is 2.33 bits per heavy atom. The summed E-state index contributed by atoms with van der Waals surface area (Å²) in [7, 11) is 0. The summed E-state index contributed by atoms with van der Waals surface area (Å²) in [5.41, 5.74) is -0.0801. The Kier molecular flexibility index (Phi) is 10.5. The molecule has 0 aliphatic rings. The van der Waals surface area contributed by atoms with Crippen molar-refractivity contribution in [2.24, 2.45) is 4.99 Å². The molecule has 1 amide bonds. The maximum Gasteiger partial charge on any atom is 0.573 e. The van der Waals surface area contributed by atoms with E-state index >= 15 is 0 Å². The van der Waals surface area contributed by atoms with Gasteiger partial charge in [-0.1, -0.05) is 18.2 Å². The molecule has 0 aliphatic carbocycles. The molecule has 1 rings (SSSR count).